The number of amides is 2. The Bertz CT molecular complexity index is 233. The molecule has 1 heterocycles. The Morgan fingerprint density at radius 1 is 1.31 bits per heavy atom. The second-order valence-electron chi connectivity index (χ2n) is 5.01. The van der Waals surface area contributed by atoms with E-state index in [4.69, 9.17) is 4.74 Å². The minimum Gasteiger partial charge on any atom is -0.379 e. The number of ether oxygens (including phenoxy) is 1. The van der Waals surface area contributed by atoms with Crippen LogP contribution >= 0.6 is 0 Å². The predicted octanol–water partition coefficient (Wildman–Crippen LogP) is 1.65. The fourth-order valence-electron chi connectivity index (χ4n) is 2.66. The first-order valence-electron chi connectivity index (χ1n) is 6.40. The maximum absolute atomic E-state index is 11.7. The molecule has 2 N–H and O–H groups in total. The highest BCUT2D eigenvalue weighted by Gasteiger charge is 2.24. The van der Waals surface area contributed by atoms with Crippen molar-refractivity contribution in [3.05, 3.63) is 0 Å². The lowest BCUT2D eigenvalue weighted by Crippen LogP contribution is -2.47. The first-order chi connectivity index (χ1) is 7.75. The van der Waals surface area contributed by atoms with E-state index in [9.17, 15) is 4.79 Å². The van der Waals surface area contributed by atoms with E-state index in [1.807, 2.05) is 0 Å². The van der Waals surface area contributed by atoms with Crippen LogP contribution in [0.2, 0.25) is 0 Å². The van der Waals surface area contributed by atoms with Crippen LogP contribution < -0.4 is 10.6 Å². The van der Waals surface area contributed by atoms with Crippen molar-refractivity contribution in [2.45, 2.75) is 51.1 Å². The van der Waals surface area contributed by atoms with Gasteiger partial charge in [0.05, 0.1) is 12.6 Å². The molecule has 2 atom stereocenters. The molecule has 2 fully saturated rings. The Kier molecular flexibility index (Phi) is 4.04. The molecule has 0 radical (unpaired) electrons. The molecule has 1 aliphatic heterocycles. The number of rotatable bonds is 3. The van der Waals surface area contributed by atoms with Gasteiger partial charge < -0.3 is 15.4 Å². The quantitative estimate of drug-likeness (QED) is 0.769. The van der Waals surface area contributed by atoms with Crippen LogP contribution in [-0.2, 0) is 4.74 Å². The van der Waals surface area contributed by atoms with Crippen LogP contribution in [0.5, 0.6) is 0 Å². The summed E-state index contributed by atoms with van der Waals surface area (Å²) in [6.45, 7) is 3.54. The number of hydrogen-bond donors (Lipinski definition) is 2. The molecule has 2 unspecified atom stereocenters. The molecule has 1 saturated carbocycles. The van der Waals surface area contributed by atoms with Gasteiger partial charge in [0.1, 0.15) is 0 Å². The lowest BCUT2D eigenvalue weighted by Gasteiger charge is -2.21. The highest BCUT2D eigenvalue weighted by Crippen LogP contribution is 2.27. The van der Waals surface area contributed by atoms with Crippen LogP contribution in [0.4, 0.5) is 4.79 Å². The third-order valence-electron chi connectivity index (χ3n) is 3.73. The highest BCUT2D eigenvalue weighted by atomic mass is 16.5. The number of nitrogens with one attached hydrogen (secondary N) is 2. The summed E-state index contributed by atoms with van der Waals surface area (Å²) < 4.78 is 5.22. The Balaban J connectivity index is 1.68. The summed E-state index contributed by atoms with van der Waals surface area (Å²) in [5.74, 6) is 0.672. The number of carbonyl (C=O) groups excluding carboxylic acids is 1. The summed E-state index contributed by atoms with van der Waals surface area (Å²) in [7, 11) is 0. The fraction of sp³-hybridized carbons (Fsp3) is 0.917. The van der Waals surface area contributed by atoms with E-state index < -0.39 is 0 Å². The summed E-state index contributed by atoms with van der Waals surface area (Å²) >= 11 is 0. The first kappa shape index (κ1) is 11.7. The Morgan fingerprint density at radius 2 is 2.06 bits per heavy atom. The van der Waals surface area contributed by atoms with Gasteiger partial charge >= 0.3 is 6.03 Å². The van der Waals surface area contributed by atoms with Crippen molar-refractivity contribution in [2.75, 3.05) is 13.2 Å². The average Bonchev–Trinajstić information content (AvgIpc) is 2.88. The summed E-state index contributed by atoms with van der Waals surface area (Å²) in [5, 5.41) is 6.00. The van der Waals surface area contributed by atoms with Crippen molar-refractivity contribution < 1.29 is 9.53 Å². The van der Waals surface area contributed by atoms with Crippen molar-refractivity contribution in [1.29, 1.82) is 0 Å². The molecule has 16 heavy (non-hydrogen) atoms. The zero-order chi connectivity index (χ0) is 11.4. The molecule has 92 valence electrons. The van der Waals surface area contributed by atoms with E-state index in [2.05, 4.69) is 17.6 Å². The van der Waals surface area contributed by atoms with Crippen LogP contribution in [0.15, 0.2) is 0 Å². The van der Waals surface area contributed by atoms with Gasteiger partial charge in [0, 0.05) is 12.6 Å². The summed E-state index contributed by atoms with van der Waals surface area (Å²) in [5.41, 5.74) is 0. The van der Waals surface area contributed by atoms with E-state index in [1.165, 1.54) is 25.7 Å². The number of urea groups is 1. The van der Waals surface area contributed by atoms with Crippen LogP contribution in [0.25, 0.3) is 0 Å². The van der Waals surface area contributed by atoms with E-state index >= 15 is 0 Å². The molecule has 1 saturated heterocycles. The van der Waals surface area contributed by atoms with Gasteiger partial charge in [-0.15, -0.1) is 0 Å². The molecule has 0 bridgehead atoms. The Hall–Kier alpha value is -0.770. The summed E-state index contributed by atoms with van der Waals surface area (Å²) in [6.07, 6.45) is 6.08. The minimum atomic E-state index is -0.0325. The van der Waals surface area contributed by atoms with Crippen molar-refractivity contribution in [3.63, 3.8) is 0 Å². The SMILES string of the molecule is CC(NC(=O)NC1CCOC1)C1CCCC1. The van der Waals surface area contributed by atoms with Gasteiger partial charge in [0.15, 0.2) is 0 Å². The molecular weight excluding hydrogens is 204 g/mol. The molecule has 1 aliphatic carbocycles. The van der Waals surface area contributed by atoms with Crippen LogP contribution in [0.3, 0.4) is 0 Å². The maximum atomic E-state index is 11.7. The molecule has 0 spiro atoms. The van der Waals surface area contributed by atoms with Crippen molar-refractivity contribution >= 4 is 6.03 Å². The molecule has 0 aromatic rings. The zero-order valence-electron chi connectivity index (χ0n) is 10.00. The second kappa shape index (κ2) is 5.53. The van der Waals surface area contributed by atoms with Gasteiger partial charge in [-0.05, 0) is 32.1 Å². The van der Waals surface area contributed by atoms with Crippen molar-refractivity contribution in [2.24, 2.45) is 5.92 Å². The standard InChI is InChI=1S/C12H22N2O2/c1-9(10-4-2-3-5-10)13-12(15)14-11-6-7-16-8-11/h9-11H,2-8H2,1H3,(H2,13,14,15). The van der Waals surface area contributed by atoms with Gasteiger partial charge in [-0.2, -0.15) is 0 Å². The zero-order valence-corrected chi connectivity index (χ0v) is 10.00. The lowest BCUT2D eigenvalue weighted by molar-refractivity contribution is 0.187. The molecule has 2 rings (SSSR count). The van der Waals surface area contributed by atoms with Crippen molar-refractivity contribution in [1.82, 2.24) is 10.6 Å². The number of hydrogen-bond acceptors (Lipinski definition) is 2. The monoisotopic (exact) mass is 226 g/mol. The van der Waals surface area contributed by atoms with Gasteiger partial charge in [-0.3, -0.25) is 0 Å². The average molecular weight is 226 g/mol. The maximum Gasteiger partial charge on any atom is 0.315 e. The smallest absolute Gasteiger partial charge is 0.315 e. The molecule has 0 aromatic heterocycles. The van der Waals surface area contributed by atoms with E-state index in [0.29, 0.717) is 18.6 Å². The van der Waals surface area contributed by atoms with Crippen LogP contribution in [-0.4, -0.2) is 31.3 Å². The first-order valence-corrected chi connectivity index (χ1v) is 6.40. The molecule has 2 amide bonds. The molecule has 4 nitrogen and oxygen atoms in total. The highest BCUT2D eigenvalue weighted by molar-refractivity contribution is 5.74. The normalized spacial score (nSPS) is 27.9. The molecular formula is C12H22N2O2. The van der Waals surface area contributed by atoms with Gasteiger partial charge in [0.25, 0.3) is 0 Å². The minimum absolute atomic E-state index is 0.0325. The van der Waals surface area contributed by atoms with Crippen LogP contribution in [0.1, 0.15) is 39.0 Å². The molecule has 4 heteroatoms. The van der Waals surface area contributed by atoms with E-state index in [-0.39, 0.29) is 12.1 Å². The van der Waals surface area contributed by atoms with E-state index in [0.717, 1.165) is 13.0 Å². The van der Waals surface area contributed by atoms with Gasteiger partial charge in [-0.1, -0.05) is 12.8 Å². The van der Waals surface area contributed by atoms with Gasteiger partial charge in [-0.25, -0.2) is 4.79 Å². The van der Waals surface area contributed by atoms with Crippen molar-refractivity contribution in [3.8, 4) is 0 Å². The largest absolute Gasteiger partial charge is 0.379 e. The molecule has 2 aliphatic rings. The third-order valence-corrected chi connectivity index (χ3v) is 3.73. The fourth-order valence-corrected chi connectivity index (χ4v) is 2.66. The Morgan fingerprint density at radius 3 is 2.69 bits per heavy atom. The lowest BCUT2D eigenvalue weighted by atomic mass is 10.0. The molecule has 0 aromatic carbocycles. The predicted molar refractivity (Wildman–Crippen MR) is 62.3 cm³/mol. The van der Waals surface area contributed by atoms with E-state index in [1.54, 1.807) is 0 Å². The third kappa shape index (κ3) is 3.11. The summed E-state index contributed by atoms with van der Waals surface area (Å²) in [4.78, 5) is 11.7. The topological polar surface area (TPSA) is 50.4 Å². The van der Waals surface area contributed by atoms with Gasteiger partial charge in [0.2, 0.25) is 0 Å². The summed E-state index contributed by atoms with van der Waals surface area (Å²) in [6, 6.07) is 0.468. The van der Waals surface area contributed by atoms with Crippen LogP contribution in [0, 0.1) is 5.92 Å². The number of carbonyl (C=O) groups is 1. The Labute approximate surface area is 97.1 Å². The second-order valence-corrected chi connectivity index (χ2v) is 5.01.